The number of benzene rings is 1. The van der Waals surface area contributed by atoms with Gasteiger partial charge < -0.3 is 10.1 Å². The standard InChI is InChI=1S/C16H23NO4S/c1-21-15-6-4-13(5-7-15)11-16(18)17-9-2-3-14-8-10-22(19,20)12-14/h4-7,14H,2-3,8-12H2,1H3,(H,17,18). The van der Waals surface area contributed by atoms with E-state index in [0.29, 0.717) is 24.5 Å². The molecule has 1 N–H and O–H groups in total. The maximum atomic E-state index is 11.8. The van der Waals surface area contributed by atoms with Crippen LogP contribution >= 0.6 is 0 Å². The molecule has 1 amide bonds. The number of carbonyl (C=O) groups excluding carboxylic acids is 1. The van der Waals surface area contributed by atoms with Crippen molar-refractivity contribution in [2.75, 3.05) is 25.2 Å². The molecule has 0 radical (unpaired) electrons. The molecular formula is C16H23NO4S. The second-order valence-corrected chi connectivity index (χ2v) is 8.01. The van der Waals surface area contributed by atoms with Gasteiger partial charge in [0, 0.05) is 6.54 Å². The van der Waals surface area contributed by atoms with Crippen molar-refractivity contribution in [1.82, 2.24) is 5.32 Å². The van der Waals surface area contributed by atoms with E-state index in [4.69, 9.17) is 4.74 Å². The van der Waals surface area contributed by atoms with Gasteiger partial charge in [-0.25, -0.2) is 8.42 Å². The Bertz CT molecular complexity index is 595. The fourth-order valence-electron chi connectivity index (χ4n) is 2.71. The van der Waals surface area contributed by atoms with Crippen LogP contribution in [0.25, 0.3) is 0 Å². The Hall–Kier alpha value is -1.56. The number of hydrogen-bond acceptors (Lipinski definition) is 4. The number of carbonyl (C=O) groups is 1. The average Bonchev–Trinajstić information content (AvgIpc) is 2.84. The van der Waals surface area contributed by atoms with Crippen molar-refractivity contribution < 1.29 is 17.9 Å². The van der Waals surface area contributed by atoms with Crippen molar-refractivity contribution in [3.63, 3.8) is 0 Å². The number of rotatable bonds is 7. The lowest BCUT2D eigenvalue weighted by atomic mass is 10.0. The minimum absolute atomic E-state index is 0.00999. The second-order valence-electron chi connectivity index (χ2n) is 5.79. The summed E-state index contributed by atoms with van der Waals surface area (Å²) < 4.78 is 27.8. The SMILES string of the molecule is COc1ccc(CC(=O)NCCCC2CCS(=O)(=O)C2)cc1. The van der Waals surface area contributed by atoms with Crippen LogP contribution in [0.2, 0.25) is 0 Å². The van der Waals surface area contributed by atoms with Gasteiger partial charge in [0.1, 0.15) is 5.75 Å². The third-order valence-corrected chi connectivity index (χ3v) is 5.80. The molecule has 1 aromatic carbocycles. The van der Waals surface area contributed by atoms with Crippen molar-refractivity contribution >= 4 is 15.7 Å². The van der Waals surface area contributed by atoms with Gasteiger partial charge in [-0.3, -0.25) is 4.79 Å². The first-order valence-electron chi connectivity index (χ1n) is 7.58. The molecule has 0 aromatic heterocycles. The number of methoxy groups -OCH3 is 1. The summed E-state index contributed by atoms with van der Waals surface area (Å²) in [5.41, 5.74) is 0.945. The lowest BCUT2D eigenvalue weighted by Gasteiger charge is -2.09. The van der Waals surface area contributed by atoms with Gasteiger partial charge in [-0.2, -0.15) is 0 Å². The van der Waals surface area contributed by atoms with Crippen molar-refractivity contribution in [2.24, 2.45) is 5.92 Å². The van der Waals surface area contributed by atoms with Crippen molar-refractivity contribution in [3.05, 3.63) is 29.8 Å². The molecule has 0 aliphatic carbocycles. The lowest BCUT2D eigenvalue weighted by Crippen LogP contribution is -2.26. The van der Waals surface area contributed by atoms with Crippen molar-refractivity contribution in [3.8, 4) is 5.75 Å². The maximum Gasteiger partial charge on any atom is 0.224 e. The minimum atomic E-state index is -2.79. The molecule has 22 heavy (non-hydrogen) atoms. The van der Waals surface area contributed by atoms with Crippen LogP contribution in [0.4, 0.5) is 0 Å². The second kappa shape index (κ2) is 7.63. The van der Waals surface area contributed by atoms with Gasteiger partial charge in [0.15, 0.2) is 9.84 Å². The first kappa shape index (κ1) is 16.8. The quantitative estimate of drug-likeness (QED) is 0.772. The highest BCUT2D eigenvalue weighted by Gasteiger charge is 2.27. The van der Waals surface area contributed by atoms with Crippen LogP contribution in [-0.4, -0.2) is 39.5 Å². The number of hydrogen-bond donors (Lipinski definition) is 1. The summed E-state index contributed by atoms with van der Waals surface area (Å²) >= 11 is 0. The average molecular weight is 325 g/mol. The highest BCUT2D eigenvalue weighted by molar-refractivity contribution is 7.91. The highest BCUT2D eigenvalue weighted by atomic mass is 32.2. The fourth-order valence-corrected chi connectivity index (χ4v) is 4.62. The Morgan fingerprint density at radius 1 is 1.32 bits per heavy atom. The molecular weight excluding hydrogens is 302 g/mol. The zero-order valence-corrected chi connectivity index (χ0v) is 13.7. The Labute approximate surface area is 132 Å². The molecule has 1 aliphatic heterocycles. The molecule has 0 saturated carbocycles. The van der Waals surface area contributed by atoms with Gasteiger partial charge in [-0.05, 0) is 42.9 Å². The summed E-state index contributed by atoms with van der Waals surface area (Å²) in [6.45, 7) is 0.603. The van der Waals surface area contributed by atoms with Gasteiger partial charge in [0.2, 0.25) is 5.91 Å². The van der Waals surface area contributed by atoms with E-state index in [1.807, 2.05) is 24.3 Å². The minimum Gasteiger partial charge on any atom is -0.497 e. The van der Waals surface area contributed by atoms with E-state index in [2.05, 4.69) is 5.32 Å². The Balaban J connectivity index is 1.63. The van der Waals surface area contributed by atoms with E-state index >= 15 is 0 Å². The zero-order chi connectivity index (χ0) is 16.0. The predicted molar refractivity (Wildman–Crippen MR) is 85.7 cm³/mol. The molecule has 6 heteroatoms. The summed E-state index contributed by atoms with van der Waals surface area (Å²) in [5, 5.41) is 2.88. The third-order valence-electron chi connectivity index (χ3n) is 3.96. The number of amides is 1. The van der Waals surface area contributed by atoms with Crippen LogP contribution in [0.5, 0.6) is 5.75 Å². The van der Waals surface area contributed by atoms with Gasteiger partial charge in [0.05, 0.1) is 25.0 Å². The smallest absolute Gasteiger partial charge is 0.224 e. The Morgan fingerprint density at radius 3 is 2.64 bits per heavy atom. The summed E-state index contributed by atoms with van der Waals surface area (Å²) in [7, 11) is -1.18. The third kappa shape index (κ3) is 5.33. The van der Waals surface area contributed by atoms with Crippen molar-refractivity contribution in [2.45, 2.75) is 25.7 Å². The van der Waals surface area contributed by atoms with Gasteiger partial charge in [-0.15, -0.1) is 0 Å². The summed E-state index contributed by atoms with van der Waals surface area (Å²) in [6, 6.07) is 7.43. The van der Waals surface area contributed by atoms with E-state index in [9.17, 15) is 13.2 Å². The molecule has 2 rings (SSSR count). The molecule has 0 spiro atoms. The number of sulfone groups is 1. The summed E-state index contributed by atoms with van der Waals surface area (Å²) in [4.78, 5) is 11.8. The molecule has 5 nitrogen and oxygen atoms in total. The monoisotopic (exact) mass is 325 g/mol. The molecule has 1 heterocycles. The Kier molecular flexibility index (Phi) is 5.83. The molecule has 1 aliphatic rings. The van der Waals surface area contributed by atoms with Crippen LogP contribution in [-0.2, 0) is 21.1 Å². The molecule has 1 unspecified atom stereocenters. The summed E-state index contributed by atoms with van der Waals surface area (Å²) in [5.74, 6) is 1.66. The molecule has 1 aromatic rings. The van der Waals surface area contributed by atoms with Gasteiger partial charge in [0.25, 0.3) is 0 Å². The number of nitrogens with one attached hydrogen (secondary N) is 1. The Morgan fingerprint density at radius 2 is 2.05 bits per heavy atom. The maximum absolute atomic E-state index is 11.8. The summed E-state index contributed by atoms with van der Waals surface area (Å²) in [6.07, 6.45) is 2.81. The zero-order valence-electron chi connectivity index (χ0n) is 12.9. The van der Waals surface area contributed by atoms with E-state index in [-0.39, 0.29) is 11.8 Å². The van der Waals surface area contributed by atoms with E-state index in [1.165, 1.54) is 0 Å². The highest BCUT2D eigenvalue weighted by Crippen LogP contribution is 2.22. The first-order chi connectivity index (χ1) is 10.5. The van der Waals surface area contributed by atoms with Crippen LogP contribution < -0.4 is 10.1 Å². The normalized spacial score (nSPS) is 19.8. The van der Waals surface area contributed by atoms with Crippen LogP contribution in [0.3, 0.4) is 0 Å². The topological polar surface area (TPSA) is 72.5 Å². The van der Waals surface area contributed by atoms with Crippen LogP contribution in [0.15, 0.2) is 24.3 Å². The molecule has 122 valence electrons. The fraction of sp³-hybridized carbons (Fsp3) is 0.562. The molecule has 1 fully saturated rings. The molecule has 1 atom stereocenters. The van der Waals surface area contributed by atoms with Crippen LogP contribution in [0, 0.1) is 5.92 Å². The van der Waals surface area contributed by atoms with Gasteiger partial charge >= 0.3 is 0 Å². The molecule has 0 bridgehead atoms. The lowest BCUT2D eigenvalue weighted by molar-refractivity contribution is -0.120. The first-order valence-corrected chi connectivity index (χ1v) is 9.41. The van der Waals surface area contributed by atoms with Crippen molar-refractivity contribution in [1.29, 1.82) is 0 Å². The predicted octanol–water partition coefficient (Wildman–Crippen LogP) is 1.57. The number of ether oxygens (including phenoxy) is 1. The molecule has 1 saturated heterocycles. The largest absolute Gasteiger partial charge is 0.497 e. The van der Waals surface area contributed by atoms with Gasteiger partial charge in [-0.1, -0.05) is 12.1 Å². The van der Waals surface area contributed by atoms with Crippen LogP contribution in [0.1, 0.15) is 24.8 Å². The van der Waals surface area contributed by atoms with E-state index in [1.54, 1.807) is 7.11 Å². The van der Waals surface area contributed by atoms with E-state index in [0.717, 1.165) is 30.6 Å². The van der Waals surface area contributed by atoms with E-state index < -0.39 is 9.84 Å².